The lowest BCUT2D eigenvalue weighted by molar-refractivity contribution is -0.384. The highest BCUT2D eigenvalue weighted by atomic mass is 16.6. The van der Waals surface area contributed by atoms with Crippen molar-refractivity contribution >= 4 is 29.2 Å². The highest BCUT2D eigenvalue weighted by Crippen LogP contribution is 2.42. The van der Waals surface area contributed by atoms with Crippen LogP contribution in [0.4, 0.5) is 11.4 Å². The number of carbonyl (C=O) groups is 3. The molecular weight excluding hydrogens is 388 g/mol. The maximum Gasteiger partial charge on any atom is 0.343 e. The Morgan fingerprint density at radius 3 is 2.47 bits per heavy atom. The zero-order chi connectivity index (χ0) is 21.4. The molecule has 1 saturated carbocycles. The number of amides is 2. The molecular formula is C22H20N2O6. The summed E-state index contributed by atoms with van der Waals surface area (Å²) in [6.07, 6.45) is 2.33. The van der Waals surface area contributed by atoms with Crippen LogP contribution >= 0.6 is 0 Å². The number of rotatable bonds is 4. The van der Waals surface area contributed by atoms with Crippen molar-refractivity contribution in [1.82, 2.24) is 0 Å². The summed E-state index contributed by atoms with van der Waals surface area (Å²) in [6, 6.07) is 11.3. The van der Waals surface area contributed by atoms with E-state index in [1.54, 1.807) is 12.1 Å². The molecule has 2 aliphatic rings. The first-order valence-corrected chi connectivity index (χ1v) is 9.79. The van der Waals surface area contributed by atoms with Gasteiger partial charge in [0.05, 0.1) is 28.0 Å². The number of esters is 1. The van der Waals surface area contributed by atoms with Gasteiger partial charge in [0, 0.05) is 12.1 Å². The molecule has 1 aliphatic heterocycles. The van der Waals surface area contributed by atoms with Crippen molar-refractivity contribution in [2.75, 3.05) is 4.90 Å². The molecule has 0 radical (unpaired) electrons. The Morgan fingerprint density at radius 2 is 1.77 bits per heavy atom. The van der Waals surface area contributed by atoms with Crippen LogP contribution in [0.15, 0.2) is 48.5 Å². The molecule has 30 heavy (non-hydrogen) atoms. The molecule has 2 fully saturated rings. The average molecular weight is 408 g/mol. The van der Waals surface area contributed by atoms with Crippen LogP contribution in [0.3, 0.4) is 0 Å². The first-order chi connectivity index (χ1) is 14.3. The summed E-state index contributed by atoms with van der Waals surface area (Å²) in [5, 5.41) is 10.7. The van der Waals surface area contributed by atoms with Crippen LogP contribution in [0.2, 0.25) is 0 Å². The number of nitrogens with zero attached hydrogens (tertiary/aromatic N) is 2. The number of benzene rings is 2. The number of nitro groups is 1. The lowest BCUT2D eigenvalue weighted by Gasteiger charge is -2.25. The number of imide groups is 1. The monoisotopic (exact) mass is 408 g/mol. The van der Waals surface area contributed by atoms with E-state index in [4.69, 9.17) is 4.74 Å². The molecule has 8 nitrogen and oxygen atoms in total. The second-order valence-corrected chi connectivity index (χ2v) is 7.83. The Bertz CT molecular complexity index is 1030. The van der Waals surface area contributed by atoms with Gasteiger partial charge in [-0.2, -0.15) is 0 Å². The predicted octanol–water partition coefficient (Wildman–Crippen LogP) is 3.74. The molecule has 4 rings (SSSR count). The summed E-state index contributed by atoms with van der Waals surface area (Å²) in [4.78, 5) is 49.6. The molecule has 8 heteroatoms. The standard InChI is InChI=1S/C22H20N2O6/c1-13-5-10-18-19(11-13)21(26)23(20(18)25)16-4-2-3-14(12-16)22(27)30-17-8-6-15(7-9-17)24(28)29/h2-4,6-9,12-13,18-19H,5,10-11H2,1H3. The first-order valence-electron chi connectivity index (χ1n) is 9.79. The van der Waals surface area contributed by atoms with E-state index in [0.717, 1.165) is 6.42 Å². The summed E-state index contributed by atoms with van der Waals surface area (Å²) in [7, 11) is 0. The molecule has 1 heterocycles. The van der Waals surface area contributed by atoms with Gasteiger partial charge in [-0.05, 0) is 55.5 Å². The average Bonchev–Trinajstić information content (AvgIpc) is 2.98. The van der Waals surface area contributed by atoms with Crippen molar-refractivity contribution in [2.45, 2.75) is 26.2 Å². The lowest BCUT2D eigenvalue weighted by atomic mass is 9.76. The summed E-state index contributed by atoms with van der Waals surface area (Å²) >= 11 is 0. The smallest absolute Gasteiger partial charge is 0.343 e. The second-order valence-electron chi connectivity index (χ2n) is 7.83. The van der Waals surface area contributed by atoms with Crippen molar-refractivity contribution in [1.29, 1.82) is 0 Å². The molecule has 0 spiro atoms. The van der Waals surface area contributed by atoms with Crippen molar-refractivity contribution < 1.29 is 24.0 Å². The highest BCUT2D eigenvalue weighted by Gasteiger charge is 2.50. The molecule has 0 bridgehead atoms. The van der Waals surface area contributed by atoms with E-state index >= 15 is 0 Å². The van der Waals surface area contributed by atoms with Gasteiger partial charge in [-0.25, -0.2) is 4.79 Å². The van der Waals surface area contributed by atoms with Crippen LogP contribution in [-0.2, 0) is 9.59 Å². The summed E-state index contributed by atoms with van der Waals surface area (Å²) in [5.74, 6) is -1.12. The molecule has 2 aromatic carbocycles. The number of non-ortho nitro benzene ring substituents is 1. The van der Waals surface area contributed by atoms with Crippen molar-refractivity contribution in [3.63, 3.8) is 0 Å². The van der Waals surface area contributed by atoms with Crippen LogP contribution in [-0.4, -0.2) is 22.7 Å². The van der Waals surface area contributed by atoms with E-state index in [-0.39, 0.29) is 40.7 Å². The molecule has 3 unspecified atom stereocenters. The van der Waals surface area contributed by atoms with Gasteiger partial charge in [0.25, 0.3) is 5.69 Å². The molecule has 1 saturated heterocycles. The van der Waals surface area contributed by atoms with E-state index in [1.165, 1.54) is 41.3 Å². The van der Waals surface area contributed by atoms with E-state index in [1.807, 2.05) is 0 Å². The third-order valence-electron chi connectivity index (χ3n) is 5.79. The third-order valence-corrected chi connectivity index (χ3v) is 5.79. The van der Waals surface area contributed by atoms with E-state index < -0.39 is 10.9 Å². The topological polar surface area (TPSA) is 107 Å². The summed E-state index contributed by atoms with van der Waals surface area (Å²) in [6.45, 7) is 2.09. The van der Waals surface area contributed by atoms with Crippen LogP contribution in [0, 0.1) is 27.9 Å². The Balaban J connectivity index is 1.54. The second kappa shape index (κ2) is 7.70. The van der Waals surface area contributed by atoms with Crippen molar-refractivity contribution in [2.24, 2.45) is 17.8 Å². The van der Waals surface area contributed by atoms with E-state index in [2.05, 4.69) is 6.92 Å². The zero-order valence-electron chi connectivity index (χ0n) is 16.3. The fourth-order valence-electron chi connectivity index (χ4n) is 4.22. The van der Waals surface area contributed by atoms with Crippen molar-refractivity contribution in [3.8, 4) is 5.75 Å². The molecule has 1 aliphatic carbocycles. The highest BCUT2D eigenvalue weighted by molar-refractivity contribution is 6.22. The van der Waals surface area contributed by atoms with Gasteiger partial charge in [0.2, 0.25) is 11.8 Å². The normalized spacial score (nSPS) is 23.2. The van der Waals surface area contributed by atoms with Crippen molar-refractivity contribution in [3.05, 3.63) is 64.2 Å². The minimum atomic E-state index is -0.684. The van der Waals surface area contributed by atoms with Gasteiger partial charge in [-0.1, -0.05) is 13.0 Å². The molecule has 0 N–H and O–H groups in total. The molecule has 2 aromatic rings. The van der Waals surface area contributed by atoms with Gasteiger partial charge in [0.15, 0.2) is 0 Å². The number of anilines is 1. The predicted molar refractivity (Wildman–Crippen MR) is 107 cm³/mol. The molecule has 154 valence electrons. The van der Waals surface area contributed by atoms with Crippen LogP contribution in [0.25, 0.3) is 0 Å². The fourth-order valence-corrected chi connectivity index (χ4v) is 4.22. The molecule has 2 amide bonds. The Kier molecular flexibility index (Phi) is 5.07. The van der Waals surface area contributed by atoms with Crippen LogP contribution < -0.4 is 9.64 Å². The largest absolute Gasteiger partial charge is 0.423 e. The number of carbonyl (C=O) groups excluding carboxylic acids is 3. The van der Waals surface area contributed by atoms with Gasteiger partial charge in [-0.15, -0.1) is 0 Å². The number of hydrogen-bond donors (Lipinski definition) is 0. The lowest BCUT2D eigenvalue weighted by Crippen LogP contribution is -2.31. The Labute approximate surface area is 172 Å². The van der Waals surface area contributed by atoms with Gasteiger partial charge >= 0.3 is 5.97 Å². The number of nitro benzene ring substituents is 1. The minimum absolute atomic E-state index is 0.112. The van der Waals surface area contributed by atoms with Crippen LogP contribution in [0.1, 0.15) is 36.5 Å². The first kappa shape index (κ1) is 19.8. The van der Waals surface area contributed by atoms with Gasteiger partial charge in [-0.3, -0.25) is 24.6 Å². The minimum Gasteiger partial charge on any atom is -0.423 e. The Morgan fingerprint density at radius 1 is 1.07 bits per heavy atom. The third kappa shape index (κ3) is 3.56. The van der Waals surface area contributed by atoms with Gasteiger partial charge < -0.3 is 4.74 Å². The van der Waals surface area contributed by atoms with E-state index in [0.29, 0.717) is 24.4 Å². The maximum atomic E-state index is 12.9. The summed E-state index contributed by atoms with van der Waals surface area (Å²) in [5.41, 5.74) is 0.415. The quantitative estimate of drug-likeness (QED) is 0.251. The zero-order valence-corrected chi connectivity index (χ0v) is 16.3. The molecule has 0 aromatic heterocycles. The summed E-state index contributed by atoms with van der Waals surface area (Å²) < 4.78 is 5.27. The Hall–Kier alpha value is -3.55. The SMILES string of the molecule is CC1CCC2C(=O)N(c3cccc(C(=O)Oc4ccc([N+](=O)[O-])cc4)c3)C(=O)C2C1. The van der Waals surface area contributed by atoms with Crippen LogP contribution in [0.5, 0.6) is 5.75 Å². The fraction of sp³-hybridized carbons (Fsp3) is 0.318. The number of hydrogen-bond acceptors (Lipinski definition) is 6. The molecule has 3 atom stereocenters. The van der Waals surface area contributed by atoms with Gasteiger partial charge in [0.1, 0.15) is 5.75 Å². The number of fused-ring (bicyclic) bond motifs is 1. The maximum absolute atomic E-state index is 12.9. The number of ether oxygens (including phenoxy) is 1. The van der Waals surface area contributed by atoms with E-state index in [9.17, 15) is 24.5 Å².